The van der Waals surface area contributed by atoms with Gasteiger partial charge in [-0.2, -0.15) is 0 Å². The second kappa shape index (κ2) is 5.81. The van der Waals surface area contributed by atoms with Gasteiger partial charge in [0.05, 0.1) is 5.56 Å². The fraction of sp³-hybridized carbons (Fsp3) is 0.562. The third-order valence-corrected chi connectivity index (χ3v) is 3.91. The van der Waals surface area contributed by atoms with Gasteiger partial charge in [0, 0.05) is 5.69 Å². The summed E-state index contributed by atoms with van der Waals surface area (Å²) in [5.41, 5.74) is 6.35. The first-order valence-corrected chi connectivity index (χ1v) is 7.13. The number of anilines is 1. The zero-order valence-corrected chi connectivity index (χ0v) is 12.3. The van der Waals surface area contributed by atoms with E-state index in [1.54, 1.807) is 6.92 Å². The van der Waals surface area contributed by atoms with Crippen LogP contribution in [0.15, 0.2) is 12.1 Å². The smallest absolute Gasteiger partial charge is 0.341 e. The monoisotopic (exact) mass is 279 g/mol. The number of benzene rings is 1. The number of carbonyl (C=O) groups excluding carboxylic acids is 1. The summed E-state index contributed by atoms with van der Waals surface area (Å²) in [7, 11) is 0. The molecule has 0 amide bonds. The highest BCUT2D eigenvalue weighted by atomic mass is 19.1. The molecule has 110 valence electrons. The fourth-order valence-electron chi connectivity index (χ4n) is 3.13. The van der Waals surface area contributed by atoms with E-state index in [0.717, 1.165) is 19.3 Å². The van der Waals surface area contributed by atoms with Crippen molar-refractivity contribution in [1.82, 2.24) is 0 Å². The molecule has 1 aromatic rings. The van der Waals surface area contributed by atoms with Crippen molar-refractivity contribution in [1.29, 1.82) is 0 Å². The number of rotatable bonds is 2. The van der Waals surface area contributed by atoms with Crippen molar-refractivity contribution in [2.45, 2.75) is 46.1 Å². The Morgan fingerprint density at radius 1 is 1.25 bits per heavy atom. The number of nitrogen functional groups attached to an aromatic ring is 1. The molecular formula is C16H22FNO2. The summed E-state index contributed by atoms with van der Waals surface area (Å²) >= 11 is 0. The third-order valence-electron chi connectivity index (χ3n) is 3.91. The van der Waals surface area contributed by atoms with Crippen molar-refractivity contribution in [2.24, 2.45) is 11.8 Å². The highest BCUT2D eigenvalue weighted by Crippen LogP contribution is 2.31. The molecule has 1 aliphatic carbocycles. The Labute approximate surface area is 119 Å². The van der Waals surface area contributed by atoms with Crippen LogP contribution in [0.5, 0.6) is 0 Å². The van der Waals surface area contributed by atoms with Crippen LogP contribution in [-0.4, -0.2) is 12.1 Å². The van der Waals surface area contributed by atoms with Gasteiger partial charge in [-0.25, -0.2) is 9.18 Å². The Balaban J connectivity index is 2.12. The van der Waals surface area contributed by atoms with E-state index >= 15 is 0 Å². The molecule has 0 bridgehead atoms. The summed E-state index contributed by atoms with van der Waals surface area (Å²) in [6.07, 6.45) is 2.72. The molecule has 1 saturated carbocycles. The highest BCUT2D eigenvalue weighted by molar-refractivity contribution is 5.91. The van der Waals surface area contributed by atoms with Crippen LogP contribution in [-0.2, 0) is 4.74 Å². The van der Waals surface area contributed by atoms with Crippen LogP contribution in [0.2, 0.25) is 0 Å². The Morgan fingerprint density at radius 2 is 1.85 bits per heavy atom. The van der Waals surface area contributed by atoms with Crippen LogP contribution in [0.25, 0.3) is 0 Å². The molecule has 0 aromatic heterocycles. The van der Waals surface area contributed by atoms with Crippen LogP contribution in [0.4, 0.5) is 10.1 Å². The Hall–Kier alpha value is -1.58. The quantitative estimate of drug-likeness (QED) is 0.663. The number of aryl methyl sites for hydroxylation is 1. The Bertz CT molecular complexity index is 505. The summed E-state index contributed by atoms with van der Waals surface area (Å²) in [4.78, 5) is 12.1. The average Bonchev–Trinajstić information content (AvgIpc) is 2.32. The molecule has 20 heavy (non-hydrogen) atoms. The van der Waals surface area contributed by atoms with E-state index in [2.05, 4.69) is 13.8 Å². The standard InChI is InChI=1S/C16H22FNO2/c1-9-4-10(2)6-13(5-9)20-16(19)14-8-12(18)7-11(3)15(14)17/h7-10,13H,4-6,18H2,1-3H3. The average molecular weight is 279 g/mol. The molecule has 0 saturated heterocycles. The van der Waals surface area contributed by atoms with Crippen molar-refractivity contribution in [3.63, 3.8) is 0 Å². The lowest BCUT2D eigenvalue weighted by Crippen LogP contribution is -2.28. The molecule has 2 unspecified atom stereocenters. The van der Waals surface area contributed by atoms with E-state index in [1.165, 1.54) is 12.1 Å². The number of carbonyl (C=O) groups is 1. The number of nitrogens with two attached hydrogens (primary N) is 1. The molecule has 0 heterocycles. The van der Waals surface area contributed by atoms with Crippen molar-refractivity contribution in [3.05, 3.63) is 29.1 Å². The van der Waals surface area contributed by atoms with Crippen LogP contribution in [0, 0.1) is 24.6 Å². The lowest BCUT2D eigenvalue weighted by atomic mass is 9.82. The van der Waals surface area contributed by atoms with Crippen molar-refractivity contribution in [2.75, 3.05) is 5.73 Å². The fourth-order valence-corrected chi connectivity index (χ4v) is 3.13. The summed E-state index contributed by atoms with van der Waals surface area (Å²) < 4.78 is 19.5. The zero-order chi connectivity index (χ0) is 14.9. The molecule has 1 fully saturated rings. The Morgan fingerprint density at radius 3 is 2.45 bits per heavy atom. The number of ether oxygens (including phenoxy) is 1. The van der Waals surface area contributed by atoms with Crippen LogP contribution in [0.3, 0.4) is 0 Å². The van der Waals surface area contributed by atoms with Gasteiger partial charge in [-0.3, -0.25) is 0 Å². The van der Waals surface area contributed by atoms with E-state index < -0.39 is 11.8 Å². The van der Waals surface area contributed by atoms with Gasteiger partial charge in [-0.15, -0.1) is 0 Å². The highest BCUT2D eigenvalue weighted by Gasteiger charge is 2.28. The van der Waals surface area contributed by atoms with E-state index in [1.807, 2.05) is 0 Å². The SMILES string of the molecule is Cc1cc(N)cc(C(=O)OC2CC(C)CC(C)C2)c1F. The minimum atomic E-state index is -0.607. The second-order valence-electron chi connectivity index (χ2n) is 6.14. The van der Waals surface area contributed by atoms with Gasteiger partial charge in [0.25, 0.3) is 0 Å². The first-order chi connectivity index (χ1) is 9.36. The van der Waals surface area contributed by atoms with Gasteiger partial charge in [-0.1, -0.05) is 13.8 Å². The molecule has 3 nitrogen and oxygen atoms in total. The molecule has 2 N–H and O–H groups in total. The van der Waals surface area contributed by atoms with E-state index in [4.69, 9.17) is 10.5 Å². The number of hydrogen-bond acceptors (Lipinski definition) is 3. The normalized spacial score (nSPS) is 26.3. The zero-order valence-electron chi connectivity index (χ0n) is 12.3. The molecular weight excluding hydrogens is 257 g/mol. The van der Waals surface area contributed by atoms with Gasteiger partial charge in [0.2, 0.25) is 0 Å². The molecule has 1 aromatic carbocycles. The number of esters is 1. The van der Waals surface area contributed by atoms with Gasteiger partial charge >= 0.3 is 5.97 Å². The predicted octanol–water partition coefficient (Wildman–Crippen LogP) is 3.70. The largest absolute Gasteiger partial charge is 0.459 e. The minimum Gasteiger partial charge on any atom is -0.459 e. The summed E-state index contributed by atoms with van der Waals surface area (Å²) in [5.74, 6) is -0.0849. The summed E-state index contributed by atoms with van der Waals surface area (Å²) in [5, 5.41) is 0. The molecule has 2 rings (SSSR count). The molecule has 2 atom stereocenters. The van der Waals surface area contributed by atoms with Crippen molar-refractivity contribution >= 4 is 11.7 Å². The van der Waals surface area contributed by atoms with Gasteiger partial charge in [-0.05, 0) is 55.7 Å². The number of halogens is 1. The maximum atomic E-state index is 14.0. The van der Waals surface area contributed by atoms with Crippen LogP contribution in [0.1, 0.15) is 49.0 Å². The third kappa shape index (κ3) is 3.30. The van der Waals surface area contributed by atoms with Crippen molar-refractivity contribution in [3.8, 4) is 0 Å². The van der Waals surface area contributed by atoms with Gasteiger partial charge in [0.1, 0.15) is 11.9 Å². The van der Waals surface area contributed by atoms with E-state index in [0.29, 0.717) is 23.1 Å². The van der Waals surface area contributed by atoms with Crippen molar-refractivity contribution < 1.29 is 13.9 Å². The maximum Gasteiger partial charge on any atom is 0.341 e. The predicted molar refractivity (Wildman–Crippen MR) is 76.9 cm³/mol. The van der Waals surface area contributed by atoms with E-state index in [9.17, 15) is 9.18 Å². The lowest BCUT2D eigenvalue weighted by Gasteiger charge is -2.31. The first-order valence-electron chi connectivity index (χ1n) is 7.13. The van der Waals surface area contributed by atoms with Gasteiger partial charge < -0.3 is 10.5 Å². The van der Waals surface area contributed by atoms with Crippen LogP contribution >= 0.6 is 0 Å². The second-order valence-corrected chi connectivity index (χ2v) is 6.14. The first kappa shape index (κ1) is 14.8. The molecule has 0 aliphatic heterocycles. The lowest BCUT2D eigenvalue weighted by molar-refractivity contribution is 0.00760. The summed E-state index contributed by atoms with van der Waals surface area (Å²) in [6, 6.07) is 2.86. The molecule has 4 heteroatoms. The topological polar surface area (TPSA) is 52.3 Å². The minimum absolute atomic E-state index is 0.0617. The molecule has 1 aliphatic rings. The summed E-state index contributed by atoms with van der Waals surface area (Å²) in [6.45, 7) is 5.90. The maximum absolute atomic E-state index is 14.0. The van der Waals surface area contributed by atoms with Gasteiger partial charge in [0.15, 0.2) is 0 Å². The molecule has 0 radical (unpaired) electrons. The Kier molecular flexibility index (Phi) is 4.31. The van der Waals surface area contributed by atoms with Crippen LogP contribution < -0.4 is 5.73 Å². The van der Waals surface area contributed by atoms with E-state index in [-0.39, 0.29) is 11.7 Å². The molecule has 0 spiro atoms. The number of hydrogen-bond donors (Lipinski definition) is 1.